The number of likely N-dealkylation sites (N-methyl/N-ethyl adjacent to an activating group) is 1. The lowest BCUT2D eigenvalue weighted by molar-refractivity contribution is -0.143. The molecule has 1 atom stereocenters. The molecule has 6 heteroatoms. The van der Waals surface area contributed by atoms with Gasteiger partial charge in [0, 0.05) is 18.8 Å². The molecular weight excluding hydrogens is 342 g/mol. The predicted molar refractivity (Wildman–Crippen MR) is 101 cm³/mol. The lowest BCUT2D eigenvalue weighted by Gasteiger charge is -2.24. The number of hydrogen-bond donors (Lipinski definition) is 1. The third-order valence-electron chi connectivity index (χ3n) is 4.76. The average Bonchev–Trinajstić information content (AvgIpc) is 3.53. The summed E-state index contributed by atoms with van der Waals surface area (Å²) in [4.78, 5) is 25.9. The third kappa shape index (κ3) is 4.64. The van der Waals surface area contributed by atoms with Gasteiger partial charge in [-0.25, -0.2) is 0 Å². The molecular formula is C21H21N3O3. The quantitative estimate of drug-likeness (QED) is 0.824. The van der Waals surface area contributed by atoms with E-state index in [1.807, 2.05) is 6.92 Å². The number of carbonyl (C=O) groups excluding carboxylic acids is 2. The molecule has 0 heterocycles. The Bertz CT molecular complexity index is 865. The van der Waals surface area contributed by atoms with Crippen molar-refractivity contribution >= 4 is 17.5 Å². The normalized spacial score (nSPS) is 14.0. The summed E-state index contributed by atoms with van der Waals surface area (Å²) < 4.78 is 5.69. The fraction of sp³-hybridized carbons (Fsp3) is 0.286. The molecule has 1 aliphatic carbocycles. The van der Waals surface area contributed by atoms with E-state index in [-0.39, 0.29) is 6.04 Å². The Kier molecular flexibility index (Phi) is 5.41. The van der Waals surface area contributed by atoms with Gasteiger partial charge in [0.05, 0.1) is 11.6 Å². The largest absolute Gasteiger partial charge is 0.457 e. The zero-order chi connectivity index (χ0) is 19.4. The second-order valence-electron chi connectivity index (χ2n) is 6.71. The molecule has 138 valence electrons. The van der Waals surface area contributed by atoms with Crippen molar-refractivity contribution in [2.75, 3.05) is 12.4 Å². The molecule has 27 heavy (non-hydrogen) atoms. The van der Waals surface area contributed by atoms with Crippen molar-refractivity contribution < 1.29 is 14.3 Å². The number of amides is 2. The summed E-state index contributed by atoms with van der Waals surface area (Å²) in [5.41, 5.74) is 1.08. The molecule has 1 saturated carbocycles. The molecule has 0 bridgehead atoms. The van der Waals surface area contributed by atoms with Crippen molar-refractivity contribution in [2.24, 2.45) is 5.92 Å². The first-order chi connectivity index (χ1) is 13.0. The molecule has 6 nitrogen and oxygen atoms in total. The van der Waals surface area contributed by atoms with Gasteiger partial charge in [-0.1, -0.05) is 0 Å². The van der Waals surface area contributed by atoms with Crippen molar-refractivity contribution in [1.29, 1.82) is 5.26 Å². The van der Waals surface area contributed by atoms with Crippen molar-refractivity contribution in [3.63, 3.8) is 0 Å². The first-order valence-electron chi connectivity index (χ1n) is 8.84. The number of nitrogens with zero attached hydrogens (tertiary/aromatic N) is 2. The molecule has 0 radical (unpaired) electrons. The van der Waals surface area contributed by atoms with Gasteiger partial charge in [0.2, 0.25) is 0 Å². The summed E-state index contributed by atoms with van der Waals surface area (Å²) >= 11 is 0. The van der Waals surface area contributed by atoms with E-state index in [0.29, 0.717) is 28.7 Å². The Balaban J connectivity index is 1.57. The number of hydrogen-bond acceptors (Lipinski definition) is 4. The van der Waals surface area contributed by atoms with E-state index < -0.39 is 11.8 Å². The maximum atomic E-state index is 12.2. The predicted octanol–water partition coefficient (Wildman–Crippen LogP) is 3.55. The van der Waals surface area contributed by atoms with Crippen LogP contribution in [0.1, 0.15) is 25.3 Å². The van der Waals surface area contributed by atoms with Crippen LogP contribution in [0.15, 0.2) is 48.5 Å². The van der Waals surface area contributed by atoms with Gasteiger partial charge >= 0.3 is 11.8 Å². The van der Waals surface area contributed by atoms with E-state index in [1.54, 1.807) is 55.6 Å². The van der Waals surface area contributed by atoms with Crippen molar-refractivity contribution in [1.82, 2.24) is 4.90 Å². The molecule has 0 saturated heterocycles. The van der Waals surface area contributed by atoms with Gasteiger partial charge in [-0.15, -0.1) is 0 Å². The highest BCUT2D eigenvalue weighted by Gasteiger charge is 2.34. The molecule has 0 spiro atoms. The Morgan fingerprint density at radius 3 is 2.19 bits per heavy atom. The van der Waals surface area contributed by atoms with E-state index in [9.17, 15) is 9.59 Å². The van der Waals surface area contributed by atoms with Crippen LogP contribution in [-0.2, 0) is 9.59 Å². The van der Waals surface area contributed by atoms with Crippen LogP contribution in [0.3, 0.4) is 0 Å². The van der Waals surface area contributed by atoms with Gasteiger partial charge in [0.15, 0.2) is 0 Å². The molecule has 0 aromatic heterocycles. The lowest BCUT2D eigenvalue weighted by atomic mass is 10.2. The topological polar surface area (TPSA) is 82.4 Å². The maximum absolute atomic E-state index is 12.2. The second-order valence-corrected chi connectivity index (χ2v) is 6.71. The number of anilines is 1. The molecule has 1 unspecified atom stereocenters. The first-order valence-corrected chi connectivity index (χ1v) is 8.84. The average molecular weight is 363 g/mol. The number of rotatable bonds is 5. The van der Waals surface area contributed by atoms with Crippen LogP contribution in [0.2, 0.25) is 0 Å². The summed E-state index contributed by atoms with van der Waals surface area (Å²) in [6.45, 7) is 1.97. The molecule has 3 rings (SSSR count). The summed E-state index contributed by atoms with van der Waals surface area (Å²) in [5.74, 6) is 0.517. The van der Waals surface area contributed by atoms with Crippen LogP contribution in [0.5, 0.6) is 11.5 Å². The molecule has 2 aromatic rings. The fourth-order valence-corrected chi connectivity index (χ4v) is 2.76. The standard InChI is InChI=1S/C21H21N3O3/c1-14(16-5-6-16)24(2)21(26)20(25)23-17-7-11-19(12-8-17)27-18-9-3-15(13-22)4-10-18/h3-4,7-12,14,16H,5-6H2,1-2H3,(H,23,25). The minimum absolute atomic E-state index is 0.0754. The van der Waals surface area contributed by atoms with Gasteiger partial charge < -0.3 is 15.0 Å². The van der Waals surface area contributed by atoms with Crippen LogP contribution in [0, 0.1) is 17.2 Å². The van der Waals surface area contributed by atoms with Crippen molar-refractivity contribution in [2.45, 2.75) is 25.8 Å². The van der Waals surface area contributed by atoms with Crippen LogP contribution >= 0.6 is 0 Å². The van der Waals surface area contributed by atoms with Gasteiger partial charge in [0.1, 0.15) is 11.5 Å². The van der Waals surface area contributed by atoms with Crippen LogP contribution < -0.4 is 10.1 Å². The Morgan fingerprint density at radius 2 is 1.67 bits per heavy atom. The van der Waals surface area contributed by atoms with E-state index in [4.69, 9.17) is 10.00 Å². The van der Waals surface area contributed by atoms with E-state index in [0.717, 1.165) is 12.8 Å². The van der Waals surface area contributed by atoms with E-state index >= 15 is 0 Å². The Hall–Kier alpha value is -3.33. The van der Waals surface area contributed by atoms with Crippen LogP contribution in [-0.4, -0.2) is 29.8 Å². The number of ether oxygens (including phenoxy) is 1. The smallest absolute Gasteiger partial charge is 0.313 e. The minimum Gasteiger partial charge on any atom is -0.457 e. The first kappa shape index (κ1) is 18.5. The molecule has 1 aliphatic rings. The second kappa shape index (κ2) is 7.92. The minimum atomic E-state index is -0.647. The maximum Gasteiger partial charge on any atom is 0.313 e. The Morgan fingerprint density at radius 1 is 1.11 bits per heavy atom. The summed E-state index contributed by atoms with van der Waals surface area (Å²) in [6, 6.07) is 15.7. The van der Waals surface area contributed by atoms with Crippen molar-refractivity contribution in [3.8, 4) is 17.6 Å². The number of nitrogens with one attached hydrogen (secondary N) is 1. The molecule has 2 amide bonds. The molecule has 0 aliphatic heterocycles. The van der Waals surface area contributed by atoms with Crippen LogP contribution in [0.25, 0.3) is 0 Å². The van der Waals surface area contributed by atoms with Gasteiger partial charge in [0.25, 0.3) is 0 Å². The highest BCUT2D eigenvalue weighted by molar-refractivity contribution is 6.39. The van der Waals surface area contributed by atoms with Gasteiger partial charge in [-0.2, -0.15) is 5.26 Å². The van der Waals surface area contributed by atoms with Crippen LogP contribution in [0.4, 0.5) is 5.69 Å². The van der Waals surface area contributed by atoms with E-state index in [1.165, 1.54) is 4.90 Å². The highest BCUT2D eigenvalue weighted by Crippen LogP contribution is 2.34. The van der Waals surface area contributed by atoms with Gasteiger partial charge in [-0.05, 0) is 74.2 Å². The highest BCUT2D eigenvalue weighted by atomic mass is 16.5. The summed E-state index contributed by atoms with van der Waals surface area (Å²) in [5, 5.41) is 11.4. The summed E-state index contributed by atoms with van der Waals surface area (Å²) in [7, 11) is 1.67. The number of nitriles is 1. The molecule has 1 N–H and O–H groups in total. The van der Waals surface area contributed by atoms with Gasteiger partial charge in [-0.3, -0.25) is 9.59 Å². The fourth-order valence-electron chi connectivity index (χ4n) is 2.76. The zero-order valence-electron chi connectivity index (χ0n) is 15.3. The zero-order valence-corrected chi connectivity index (χ0v) is 15.3. The van der Waals surface area contributed by atoms with Crippen molar-refractivity contribution in [3.05, 3.63) is 54.1 Å². The number of carbonyl (C=O) groups is 2. The molecule has 1 fully saturated rings. The third-order valence-corrected chi connectivity index (χ3v) is 4.76. The SMILES string of the molecule is CC(C1CC1)N(C)C(=O)C(=O)Nc1ccc(Oc2ccc(C#N)cc2)cc1. The molecule has 2 aromatic carbocycles. The summed E-state index contributed by atoms with van der Waals surface area (Å²) in [6.07, 6.45) is 2.22. The van der Waals surface area contributed by atoms with E-state index in [2.05, 4.69) is 11.4 Å². The monoisotopic (exact) mass is 363 g/mol. The number of benzene rings is 2. The lowest BCUT2D eigenvalue weighted by Crippen LogP contribution is -2.43. The Labute approximate surface area is 158 Å².